The Morgan fingerprint density at radius 1 is 1.70 bits per heavy atom. The van der Waals surface area contributed by atoms with Crippen LogP contribution in [-0.2, 0) is 9.53 Å². The molecule has 0 aromatic rings. The number of hydrogen-bond donors (Lipinski definition) is 1. The van der Waals surface area contributed by atoms with E-state index in [9.17, 15) is 4.79 Å². The molecule has 0 atom stereocenters. The van der Waals surface area contributed by atoms with Gasteiger partial charge in [0.25, 0.3) is 0 Å². The van der Waals surface area contributed by atoms with Crippen LogP contribution in [0.2, 0.25) is 0 Å². The lowest BCUT2D eigenvalue weighted by atomic mass is 10.5. The van der Waals surface area contributed by atoms with Crippen molar-refractivity contribution >= 4 is 18.6 Å². The van der Waals surface area contributed by atoms with Crippen LogP contribution >= 0.6 is 12.6 Å². The van der Waals surface area contributed by atoms with E-state index in [1.807, 2.05) is 6.92 Å². The van der Waals surface area contributed by atoms with Crippen LogP contribution < -0.4 is 0 Å². The number of carbonyl (C=O) groups is 1. The second-order valence-electron chi connectivity index (χ2n) is 1.58. The van der Waals surface area contributed by atoms with E-state index in [1.54, 1.807) is 0 Å². The van der Waals surface area contributed by atoms with Crippen LogP contribution in [0.3, 0.4) is 0 Å². The fourth-order valence-electron chi connectivity index (χ4n) is 0.307. The first-order valence-corrected chi connectivity index (χ1v) is 3.73. The molecule has 0 unspecified atom stereocenters. The topological polar surface area (TPSA) is 26.3 Å². The molecule has 0 aliphatic heterocycles. The van der Waals surface area contributed by atoms with Gasteiger partial charge in [-0.3, -0.25) is 4.79 Å². The molecule has 0 radical (unpaired) electrons. The van der Waals surface area contributed by atoms with Gasteiger partial charge in [-0.25, -0.2) is 0 Å². The van der Waals surface area contributed by atoms with Gasteiger partial charge in [-0.2, -0.15) is 12.6 Å². The summed E-state index contributed by atoms with van der Waals surface area (Å²) in [5.41, 5.74) is 0. The molecular formula is C7H10O2S. The number of thiol groups is 1. The van der Waals surface area contributed by atoms with Gasteiger partial charge in [0, 0.05) is 12.2 Å². The highest BCUT2D eigenvalue weighted by Gasteiger charge is 1.96. The lowest BCUT2D eigenvalue weighted by Gasteiger charge is -1.89. The second kappa shape index (κ2) is 6.50. The molecule has 0 aliphatic rings. The van der Waals surface area contributed by atoms with Crippen LogP contribution in [0.5, 0.6) is 0 Å². The van der Waals surface area contributed by atoms with Crippen molar-refractivity contribution in [1.82, 2.24) is 0 Å². The zero-order valence-electron chi connectivity index (χ0n) is 5.89. The quantitative estimate of drug-likeness (QED) is 0.371. The third-order valence-electron chi connectivity index (χ3n) is 0.730. The van der Waals surface area contributed by atoms with E-state index in [-0.39, 0.29) is 5.97 Å². The summed E-state index contributed by atoms with van der Waals surface area (Å²) >= 11 is 3.86. The minimum absolute atomic E-state index is 0.309. The number of rotatable bonds is 2. The lowest BCUT2D eigenvalue weighted by molar-refractivity contribution is -0.136. The maximum absolute atomic E-state index is 10.5. The monoisotopic (exact) mass is 158 g/mol. The Bertz CT molecular complexity index is 155. The Morgan fingerprint density at radius 2 is 2.40 bits per heavy atom. The average Bonchev–Trinajstić information content (AvgIpc) is 1.89. The molecule has 0 N–H and O–H groups in total. The third kappa shape index (κ3) is 5.52. The Balaban J connectivity index is 3.39. The summed E-state index contributed by atoms with van der Waals surface area (Å²) in [6, 6.07) is 0. The molecule has 0 amide bonds. The van der Waals surface area contributed by atoms with Crippen LogP contribution in [0.4, 0.5) is 0 Å². The summed E-state index contributed by atoms with van der Waals surface area (Å²) in [5, 5.41) is 0. The van der Waals surface area contributed by atoms with Crippen LogP contribution in [0.25, 0.3) is 0 Å². The largest absolute Gasteiger partial charge is 0.372 e. The van der Waals surface area contributed by atoms with Crippen molar-refractivity contribution in [3.63, 3.8) is 0 Å². The highest BCUT2D eigenvalue weighted by atomic mass is 32.1. The number of ether oxygens (including phenoxy) is 1. The molecule has 0 aromatic heterocycles. The molecule has 2 nitrogen and oxygen atoms in total. The molecule has 0 heterocycles. The fraction of sp³-hybridized carbons (Fsp3) is 0.571. The van der Waals surface area contributed by atoms with Crippen molar-refractivity contribution in [2.45, 2.75) is 19.8 Å². The first-order valence-electron chi connectivity index (χ1n) is 3.09. The standard InChI is InChI=1S/C7H10O2S/c1-2-3-5-9-7(8)4-6-10/h10H,2,4,6H2,1H3. The molecule has 10 heavy (non-hydrogen) atoms. The molecule has 0 aromatic carbocycles. The molecule has 0 rings (SSSR count). The molecule has 56 valence electrons. The van der Waals surface area contributed by atoms with E-state index >= 15 is 0 Å². The van der Waals surface area contributed by atoms with Gasteiger partial charge >= 0.3 is 5.97 Å². The van der Waals surface area contributed by atoms with E-state index in [4.69, 9.17) is 0 Å². The van der Waals surface area contributed by atoms with Crippen molar-refractivity contribution in [3.8, 4) is 12.0 Å². The summed E-state index contributed by atoms with van der Waals surface area (Å²) in [7, 11) is 0. The smallest absolute Gasteiger partial charge is 0.320 e. The van der Waals surface area contributed by atoms with Crippen molar-refractivity contribution in [3.05, 3.63) is 0 Å². The minimum Gasteiger partial charge on any atom is -0.372 e. The first-order chi connectivity index (χ1) is 4.81. The van der Waals surface area contributed by atoms with Crippen LogP contribution in [0.15, 0.2) is 0 Å². The first kappa shape index (κ1) is 9.38. The van der Waals surface area contributed by atoms with Gasteiger partial charge in [0.1, 0.15) is 6.11 Å². The zero-order valence-corrected chi connectivity index (χ0v) is 6.78. The summed E-state index contributed by atoms with van der Waals surface area (Å²) < 4.78 is 4.47. The predicted octanol–water partition coefficient (Wildman–Crippen LogP) is 1.22. The number of esters is 1. The highest BCUT2D eigenvalue weighted by molar-refractivity contribution is 7.80. The lowest BCUT2D eigenvalue weighted by Crippen LogP contribution is -1.99. The Morgan fingerprint density at radius 3 is 2.90 bits per heavy atom. The van der Waals surface area contributed by atoms with Crippen LogP contribution in [0, 0.1) is 12.0 Å². The van der Waals surface area contributed by atoms with Gasteiger partial charge in [-0.05, 0) is 0 Å². The van der Waals surface area contributed by atoms with Crippen molar-refractivity contribution in [2.75, 3.05) is 5.75 Å². The molecule has 0 saturated carbocycles. The second-order valence-corrected chi connectivity index (χ2v) is 2.03. The Hall–Kier alpha value is -0.620. The van der Waals surface area contributed by atoms with E-state index in [1.165, 1.54) is 0 Å². The summed E-state index contributed by atoms with van der Waals surface area (Å²) in [5.74, 6) is 2.82. The van der Waals surface area contributed by atoms with Gasteiger partial charge < -0.3 is 4.74 Å². The molecule has 3 heteroatoms. The summed E-state index contributed by atoms with van der Waals surface area (Å²) in [4.78, 5) is 10.5. The van der Waals surface area contributed by atoms with Crippen molar-refractivity contribution in [2.24, 2.45) is 0 Å². The minimum atomic E-state index is -0.309. The van der Waals surface area contributed by atoms with Gasteiger partial charge in [0.15, 0.2) is 0 Å². The summed E-state index contributed by atoms with van der Waals surface area (Å²) in [6.07, 6.45) is 3.31. The van der Waals surface area contributed by atoms with Gasteiger partial charge in [-0.1, -0.05) is 12.8 Å². The van der Waals surface area contributed by atoms with Gasteiger partial charge in [-0.15, -0.1) is 0 Å². The molecule has 0 aliphatic carbocycles. The van der Waals surface area contributed by atoms with Crippen LogP contribution in [0.1, 0.15) is 19.8 Å². The maximum Gasteiger partial charge on any atom is 0.320 e. The molecule has 0 saturated heterocycles. The van der Waals surface area contributed by atoms with E-state index in [2.05, 4.69) is 29.4 Å². The predicted molar refractivity (Wildman–Crippen MR) is 42.6 cm³/mol. The third-order valence-corrected chi connectivity index (χ3v) is 0.953. The SMILES string of the molecule is CCC#COC(=O)CCS. The van der Waals surface area contributed by atoms with E-state index in [0.29, 0.717) is 18.6 Å². The summed E-state index contributed by atoms with van der Waals surface area (Å²) in [6.45, 7) is 1.89. The normalized spacial score (nSPS) is 7.80. The average molecular weight is 158 g/mol. The zero-order chi connectivity index (χ0) is 7.82. The highest BCUT2D eigenvalue weighted by Crippen LogP contribution is 1.86. The number of carbonyl (C=O) groups excluding carboxylic acids is 1. The number of hydrogen-bond acceptors (Lipinski definition) is 3. The molecule has 0 fully saturated rings. The van der Waals surface area contributed by atoms with E-state index < -0.39 is 0 Å². The molecular weight excluding hydrogens is 148 g/mol. The van der Waals surface area contributed by atoms with Crippen molar-refractivity contribution in [1.29, 1.82) is 0 Å². The molecule has 0 bridgehead atoms. The van der Waals surface area contributed by atoms with Crippen LogP contribution in [-0.4, -0.2) is 11.7 Å². The van der Waals surface area contributed by atoms with Gasteiger partial charge in [0.05, 0.1) is 6.42 Å². The molecule has 0 spiro atoms. The van der Waals surface area contributed by atoms with E-state index in [0.717, 1.165) is 0 Å². The van der Waals surface area contributed by atoms with Gasteiger partial charge in [0.2, 0.25) is 0 Å². The Kier molecular flexibility index (Phi) is 6.10. The maximum atomic E-state index is 10.5. The fourth-order valence-corrected chi connectivity index (χ4v) is 0.490. The Labute approximate surface area is 66.4 Å². The van der Waals surface area contributed by atoms with Crippen molar-refractivity contribution < 1.29 is 9.53 Å².